The number of amides is 3. The second-order valence-corrected chi connectivity index (χ2v) is 5.31. The monoisotopic (exact) mass is 275 g/mol. The van der Waals surface area contributed by atoms with Crippen molar-refractivity contribution in [3.05, 3.63) is 29.3 Å². The molecule has 1 aromatic carbocycles. The Morgan fingerprint density at radius 2 is 2.20 bits per heavy atom. The average molecular weight is 275 g/mol. The highest BCUT2D eigenvalue weighted by atomic mass is 16.3. The Morgan fingerprint density at radius 3 is 3.00 bits per heavy atom. The van der Waals surface area contributed by atoms with E-state index in [4.69, 9.17) is 0 Å². The first-order valence-corrected chi connectivity index (χ1v) is 6.69. The molecule has 0 saturated carbocycles. The number of hydrogen-bond acceptors (Lipinski definition) is 3. The Bertz CT molecular complexity index is 573. The molecule has 6 heteroatoms. The number of piperazine rings is 1. The molecule has 2 saturated heterocycles. The molecule has 3 amide bonds. The maximum Gasteiger partial charge on any atom is 0.317 e. The summed E-state index contributed by atoms with van der Waals surface area (Å²) in [5, 5.41) is 12.6. The van der Waals surface area contributed by atoms with Gasteiger partial charge in [0.2, 0.25) is 0 Å². The van der Waals surface area contributed by atoms with Gasteiger partial charge in [0.25, 0.3) is 5.91 Å². The number of fused-ring (bicyclic) bond motifs is 1. The Kier molecular flexibility index (Phi) is 3.00. The first-order chi connectivity index (χ1) is 9.56. The number of nitrogens with zero attached hydrogens (tertiary/aromatic N) is 2. The minimum atomic E-state index is -0.176. The third kappa shape index (κ3) is 2.07. The van der Waals surface area contributed by atoms with Gasteiger partial charge in [-0.05, 0) is 19.1 Å². The molecule has 0 aromatic heterocycles. The lowest BCUT2D eigenvalue weighted by molar-refractivity contribution is 0.0614. The Hall–Kier alpha value is -2.24. The lowest BCUT2D eigenvalue weighted by Crippen LogP contribution is -2.53. The van der Waals surface area contributed by atoms with Crippen LogP contribution in [0, 0.1) is 6.92 Å². The number of rotatable bonds is 1. The van der Waals surface area contributed by atoms with Crippen molar-refractivity contribution in [2.24, 2.45) is 0 Å². The van der Waals surface area contributed by atoms with E-state index in [0.29, 0.717) is 31.7 Å². The van der Waals surface area contributed by atoms with Crippen molar-refractivity contribution in [3.63, 3.8) is 0 Å². The van der Waals surface area contributed by atoms with Gasteiger partial charge >= 0.3 is 6.03 Å². The van der Waals surface area contributed by atoms with E-state index in [1.807, 2.05) is 6.92 Å². The zero-order chi connectivity index (χ0) is 14.3. The van der Waals surface area contributed by atoms with Crippen molar-refractivity contribution >= 4 is 11.9 Å². The molecule has 2 fully saturated rings. The molecule has 0 bridgehead atoms. The van der Waals surface area contributed by atoms with Crippen LogP contribution in [-0.2, 0) is 0 Å². The average Bonchev–Trinajstić information content (AvgIpc) is 2.82. The van der Waals surface area contributed by atoms with Crippen LogP contribution in [-0.4, -0.2) is 59.1 Å². The van der Waals surface area contributed by atoms with Crippen molar-refractivity contribution in [2.75, 3.05) is 26.2 Å². The van der Waals surface area contributed by atoms with E-state index in [0.717, 1.165) is 5.56 Å². The van der Waals surface area contributed by atoms with Crippen LogP contribution in [0.1, 0.15) is 15.9 Å². The highest BCUT2D eigenvalue weighted by Crippen LogP contribution is 2.22. The molecule has 1 atom stereocenters. The SMILES string of the molecule is Cc1ccc(O)c(C(=O)N2CCN3C(=O)NCC3C2)c1. The number of carbonyl (C=O) groups excluding carboxylic acids is 2. The number of phenolic OH excluding ortho intramolecular Hbond substituents is 1. The fourth-order valence-corrected chi connectivity index (χ4v) is 2.78. The predicted molar refractivity (Wildman–Crippen MR) is 72.6 cm³/mol. The number of aryl methyl sites for hydroxylation is 1. The summed E-state index contributed by atoms with van der Waals surface area (Å²) in [4.78, 5) is 27.5. The highest BCUT2D eigenvalue weighted by molar-refractivity contribution is 5.97. The molecular formula is C14H17N3O3. The van der Waals surface area contributed by atoms with E-state index in [-0.39, 0.29) is 23.7 Å². The van der Waals surface area contributed by atoms with Crippen LogP contribution < -0.4 is 5.32 Å². The molecule has 3 rings (SSSR count). The predicted octanol–water partition coefficient (Wildman–Crippen LogP) is 0.550. The summed E-state index contributed by atoms with van der Waals surface area (Å²) < 4.78 is 0. The summed E-state index contributed by atoms with van der Waals surface area (Å²) in [6.07, 6.45) is 0. The molecule has 6 nitrogen and oxygen atoms in total. The van der Waals surface area contributed by atoms with E-state index in [2.05, 4.69) is 5.32 Å². The maximum atomic E-state index is 12.5. The van der Waals surface area contributed by atoms with E-state index in [1.165, 1.54) is 0 Å². The van der Waals surface area contributed by atoms with Crippen LogP contribution in [0.4, 0.5) is 4.79 Å². The number of aromatic hydroxyl groups is 1. The summed E-state index contributed by atoms with van der Waals surface area (Å²) in [5.41, 5.74) is 1.26. The van der Waals surface area contributed by atoms with Crippen molar-refractivity contribution in [3.8, 4) is 5.75 Å². The molecule has 20 heavy (non-hydrogen) atoms. The molecule has 0 spiro atoms. The van der Waals surface area contributed by atoms with Gasteiger partial charge in [0.15, 0.2) is 0 Å². The van der Waals surface area contributed by atoms with Gasteiger partial charge in [0, 0.05) is 26.2 Å². The number of hydrogen-bond donors (Lipinski definition) is 2. The highest BCUT2D eigenvalue weighted by Gasteiger charge is 2.37. The van der Waals surface area contributed by atoms with E-state index < -0.39 is 0 Å². The number of nitrogens with one attached hydrogen (secondary N) is 1. The van der Waals surface area contributed by atoms with Crippen molar-refractivity contribution in [2.45, 2.75) is 13.0 Å². The molecule has 2 aliphatic heterocycles. The van der Waals surface area contributed by atoms with Gasteiger partial charge in [-0.25, -0.2) is 4.79 Å². The number of urea groups is 1. The number of phenols is 1. The minimum Gasteiger partial charge on any atom is -0.507 e. The van der Waals surface area contributed by atoms with Gasteiger partial charge < -0.3 is 20.2 Å². The second kappa shape index (κ2) is 4.70. The van der Waals surface area contributed by atoms with Crippen LogP contribution in [0.15, 0.2) is 18.2 Å². The lowest BCUT2D eigenvalue weighted by atomic mass is 10.1. The Balaban J connectivity index is 1.78. The smallest absolute Gasteiger partial charge is 0.317 e. The molecule has 1 aromatic rings. The van der Waals surface area contributed by atoms with Gasteiger partial charge in [-0.1, -0.05) is 11.6 Å². The maximum absolute atomic E-state index is 12.5. The molecule has 2 heterocycles. The van der Waals surface area contributed by atoms with E-state index in [9.17, 15) is 14.7 Å². The zero-order valence-corrected chi connectivity index (χ0v) is 11.3. The minimum absolute atomic E-state index is 0.00338. The standard InChI is InChI=1S/C14H17N3O3/c1-9-2-3-12(18)11(6-9)13(19)16-4-5-17-10(8-16)7-15-14(17)20/h2-3,6,10,18H,4-5,7-8H2,1H3,(H,15,20). The first kappa shape index (κ1) is 12.8. The number of carbonyl (C=O) groups is 2. The van der Waals surface area contributed by atoms with Crippen LogP contribution in [0.3, 0.4) is 0 Å². The summed E-state index contributed by atoms with van der Waals surface area (Å²) in [6.45, 7) is 3.99. The van der Waals surface area contributed by atoms with Crippen LogP contribution in [0.25, 0.3) is 0 Å². The topological polar surface area (TPSA) is 72.9 Å². The molecule has 0 aliphatic carbocycles. The van der Waals surface area contributed by atoms with Crippen LogP contribution in [0.2, 0.25) is 0 Å². The lowest BCUT2D eigenvalue weighted by Gasteiger charge is -2.36. The molecule has 2 aliphatic rings. The van der Waals surface area contributed by atoms with E-state index >= 15 is 0 Å². The third-order valence-electron chi connectivity index (χ3n) is 3.90. The van der Waals surface area contributed by atoms with Crippen molar-refractivity contribution in [1.82, 2.24) is 15.1 Å². The summed E-state index contributed by atoms with van der Waals surface area (Å²) in [6, 6.07) is 4.98. The molecular weight excluding hydrogens is 258 g/mol. The van der Waals surface area contributed by atoms with Gasteiger partial charge in [-0.2, -0.15) is 0 Å². The normalized spacial score (nSPS) is 21.6. The fraction of sp³-hybridized carbons (Fsp3) is 0.429. The molecule has 0 radical (unpaired) electrons. The molecule has 1 unspecified atom stereocenters. The second-order valence-electron chi connectivity index (χ2n) is 5.31. The summed E-state index contributed by atoms with van der Waals surface area (Å²) in [7, 11) is 0. The third-order valence-corrected chi connectivity index (χ3v) is 3.90. The van der Waals surface area contributed by atoms with Crippen LogP contribution in [0.5, 0.6) is 5.75 Å². The fourth-order valence-electron chi connectivity index (χ4n) is 2.78. The summed E-state index contributed by atoms with van der Waals surface area (Å²) >= 11 is 0. The molecule has 106 valence electrons. The van der Waals surface area contributed by atoms with Crippen molar-refractivity contribution < 1.29 is 14.7 Å². The summed E-state index contributed by atoms with van der Waals surface area (Å²) in [5.74, 6) is -0.172. The van der Waals surface area contributed by atoms with Gasteiger partial charge in [0.05, 0.1) is 11.6 Å². The van der Waals surface area contributed by atoms with Crippen molar-refractivity contribution in [1.29, 1.82) is 0 Å². The number of benzene rings is 1. The van der Waals surface area contributed by atoms with E-state index in [1.54, 1.807) is 28.0 Å². The van der Waals surface area contributed by atoms with Gasteiger partial charge in [-0.3, -0.25) is 4.79 Å². The first-order valence-electron chi connectivity index (χ1n) is 6.69. The van der Waals surface area contributed by atoms with Gasteiger partial charge in [0.1, 0.15) is 5.75 Å². The zero-order valence-electron chi connectivity index (χ0n) is 11.3. The Morgan fingerprint density at radius 1 is 1.40 bits per heavy atom. The largest absolute Gasteiger partial charge is 0.507 e. The quantitative estimate of drug-likeness (QED) is 0.786. The Labute approximate surface area is 117 Å². The van der Waals surface area contributed by atoms with Crippen LogP contribution >= 0.6 is 0 Å². The molecule has 2 N–H and O–H groups in total. The van der Waals surface area contributed by atoms with Gasteiger partial charge in [-0.15, -0.1) is 0 Å².